The average Bonchev–Trinajstić information content (AvgIpc) is 3.23. The van der Waals surface area contributed by atoms with Gasteiger partial charge in [-0.2, -0.15) is 5.26 Å². The summed E-state index contributed by atoms with van der Waals surface area (Å²) in [6.45, 7) is 0. The van der Waals surface area contributed by atoms with Gasteiger partial charge in [-0.05, 0) is 25.0 Å². The maximum Gasteiger partial charge on any atom is 0.281 e. The number of halogens is 1. The summed E-state index contributed by atoms with van der Waals surface area (Å²) < 4.78 is 0. The molecule has 1 N–H and O–H groups in total. The smallest absolute Gasteiger partial charge is 0.281 e. The molecule has 0 amide bonds. The van der Waals surface area contributed by atoms with E-state index in [1.165, 1.54) is 12.1 Å². The van der Waals surface area contributed by atoms with Crippen molar-refractivity contribution in [3.8, 4) is 6.07 Å². The van der Waals surface area contributed by atoms with Crippen LogP contribution in [-0.2, 0) is 4.79 Å². The lowest BCUT2D eigenvalue weighted by Crippen LogP contribution is -2.07. The molecule has 0 heterocycles. The Bertz CT molecular complexity index is 671. The number of benzene rings is 1. The zero-order valence-electron chi connectivity index (χ0n) is 10.2. The van der Waals surface area contributed by atoms with Crippen LogP contribution in [0.25, 0.3) is 5.76 Å². The maximum absolute atomic E-state index is 11.9. The maximum atomic E-state index is 11.9. The monoisotopic (exact) mass is 292 g/mol. The normalized spacial score (nSPS) is 15.2. The Morgan fingerprint density at radius 3 is 2.65 bits per heavy atom. The van der Waals surface area contributed by atoms with Crippen molar-refractivity contribution < 1.29 is 14.8 Å². The van der Waals surface area contributed by atoms with Crippen molar-refractivity contribution in [3.63, 3.8) is 0 Å². The quantitative estimate of drug-likeness (QED) is 0.302. The zero-order chi connectivity index (χ0) is 14.9. The summed E-state index contributed by atoms with van der Waals surface area (Å²) >= 11 is 5.67. The molecule has 0 aromatic heterocycles. The van der Waals surface area contributed by atoms with Crippen molar-refractivity contribution in [3.05, 3.63) is 44.5 Å². The number of carbonyl (C=O) groups excluding carboxylic acids is 1. The van der Waals surface area contributed by atoms with E-state index < -0.39 is 27.7 Å². The molecule has 1 fully saturated rings. The highest BCUT2D eigenvalue weighted by Gasteiger charge is 2.34. The molecule has 0 aliphatic heterocycles. The Kier molecular flexibility index (Phi) is 3.72. The summed E-state index contributed by atoms with van der Waals surface area (Å²) in [5, 5.41) is 30.1. The van der Waals surface area contributed by atoms with Crippen LogP contribution in [0, 0.1) is 27.4 Å². The summed E-state index contributed by atoms with van der Waals surface area (Å²) in [5.41, 5.74) is -1.09. The van der Waals surface area contributed by atoms with E-state index in [-0.39, 0.29) is 16.5 Å². The highest BCUT2D eigenvalue weighted by Crippen LogP contribution is 2.35. The minimum Gasteiger partial charge on any atom is -0.506 e. The Morgan fingerprint density at radius 1 is 1.50 bits per heavy atom. The van der Waals surface area contributed by atoms with Gasteiger partial charge in [0.15, 0.2) is 11.5 Å². The lowest BCUT2D eigenvalue weighted by molar-refractivity contribution is -0.385. The third kappa shape index (κ3) is 2.63. The number of Topliss-reactive ketones (excluding diaryl/α,β-unsaturated/α-hetero) is 1. The molecule has 1 aliphatic rings. The van der Waals surface area contributed by atoms with Gasteiger partial charge in [0.25, 0.3) is 5.69 Å². The van der Waals surface area contributed by atoms with Crippen molar-refractivity contribution in [2.75, 3.05) is 0 Å². The van der Waals surface area contributed by atoms with E-state index >= 15 is 0 Å². The topological polar surface area (TPSA) is 104 Å². The molecular weight excluding hydrogens is 284 g/mol. The van der Waals surface area contributed by atoms with E-state index in [1.54, 1.807) is 6.07 Å². The van der Waals surface area contributed by atoms with Crippen LogP contribution in [0.2, 0.25) is 5.02 Å². The second-order valence-electron chi connectivity index (χ2n) is 4.39. The number of carbonyl (C=O) groups is 1. The van der Waals surface area contributed by atoms with Crippen LogP contribution in [0.15, 0.2) is 23.8 Å². The number of hydrogen-bond donors (Lipinski definition) is 1. The van der Waals surface area contributed by atoms with Crippen LogP contribution >= 0.6 is 11.6 Å². The molecule has 0 bridgehead atoms. The highest BCUT2D eigenvalue weighted by molar-refractivity contribution is 6.30. The SMILES string of the molecule is N#C/C(C(=O)C1CC1)=C(\O)c1ccc(Cl)cc1[N+](=O)[O-]. The largest absolute Gasteiger partial charge is 0.506 e. The second-order valence-corrected chi connectivity index (χ2v) is 4.83. The van der Waals surface area contributed by atoms with Gasteiger partial charge in [0.1, 0.15) is 11.6 Å². The standard InChI is InChI=1S/C13H9ClN2O4/c14-8-3-4-9(11(5-8)16(19)20)13(18)10(6-15)12(17)7-1-2-7/h3-5,7,18H,1-2H2/b13-10+. The number of aliphatic hydroxyl groups excluding tert-OH is 1. The van der Waals surface area contributed by atoms with Crippen molar-refractivity contribution in [1.29, 1.82) is 5.26 Å². The van der Waals surface area contributed by atoms with Gasteiger partial charge >= 0.3 is 0 Å². The molecule has 1 aliphatic carbocycles. The Labute approximate surface area is 119 Å². The number of nitriles is 1. The lowest BCUT2D eigenvalue weighted by Gasteiger charge is -2.05. The van der Waals surface area contributed by atoms with E-state index in [9.17, 15) is 20.0 Å². The molecule has 7 heteroatoms. The Balaban J connectivity index is 2.56. The van der Waals surface area contributed by atoms with Crippen LogP contribution in [0.5, 0.6) is 0 Å². The molecule has 102 valence electrons. The number of allylic oxidation sites excluding steroid dienone is 1. The van der Waals surface area contributed by atoms with Gasteiger partial charge in [0.2, 0.25) is 0 Å². The van der Waals surface area contributed by atoms with Gasteiger partial charge in [-0.25, -0.2) is 0 Å². The number of ketones is 1. The Hall–Kier alpha value is -2.39. The number of nitro benzene ring substituents is 1. The summed E-state index contributed by atoms with van der Waals surface area (Å²) in [5.74, 6) is -1.42. The van der Waals surface area contributed by atoms with E-state index in [0.29, 0.717) is 12.8 Å². The van der Waals surface area contributed by atoms with Gasteiger partial charge in [-0.1, -0.05) is 11.6 Å². The van der Waals surface area contributed by atoms with Crippen LogP contribution in [0.4, 0.5) is 5.69 Å². The van der Waals surface area contributed by atoms with Crippen molar-refractivity contribution >= 4 is 28.8 Å². The van der Waals surface area contributed by atoms with Crippen LogP contribution in [0.3, 0.4) is 0 Å². The molecule has 0 radical (unpaired) electrons. The first-order chi connectivity index (χ1) is 9.45. The summed E-state index contributed by atoms with van der Waals surface area (Å²) in [7, 11) is 0. The first-order valence-corrected chi connectivity index (χ1v) is 6.15. The average molecular weight is 293 g/mol. The minimum absolute atomic E-state index is 0.125. The van der Waals surface area contributed by atoms with Crippen LogP contribution in [-0.4, -0.2) is 15.8 Å². The molecule has 2 rings (SSSR count). The molecule has 0 spiro atoms. The summed E-state index contributed by atoms with van der Waals surface area (Å²) in [6, 6.07) is 5.25. The van der Waals surface area contributed by atoms with Crippen LogP contribution < -0.4 is 0 Å². The fraction of sp³-hybridized carbons (Fsp3) is 0.231. The molecule has 0 unspecified atom stereocenters. The number of nitro groups is 1. The highest BCUT2D eigenvalue weighted by atomic mass is 35.5. The van der Waals surface area contributed by atoms with E-state index in [4.69, 9.17) is 16.9 Å². The predicted molar refractivity (Wildman–Crippen MR) is 71.0 cm³/mol. The molecular formula is C13H9ClN2O4. The van der Waals surface area contributed by atoms with Crippen molar-refractivity contribution in [2.45, 2.75) is 12.8 Å². The van der Waals surface area contributed by atoms with Gasteiger partial charge in [0.05, 0.1) is 10.5 Å². The minimum atomic E-state index is -0.728. The molecule has 20 heavy (non-hydrogen) atoms. The predicted octanol–water partition coefficient (Wildman–Crippen LogP) is 3.02. The number of nitrogens with zero attached hydrogens (tertiary/aromatic N) is 2. The Morgan fingerprint density at radius 2 is 2.15 bits per heavy atom. The first kappa shape index (κ1) is 14.0. The lowest BCUT2D eigenvalue weighted by atomic mass is 10.0. The van der Waals surface area contributed by atoms with Gasteiger partial charge in [0, 0.05) is 17.0 Å². The van der Waals surface area contributed by atoms with E-state index in [1.807, 2.05) is 0 Å². The third-order valence-corrected chi connectivity index (χ3v) is 3.19. The fourth-order valence-electron chi connectivity index (χ4n) is 1.77. The number of aliphatic hydroxyl groups is 1. The molecule has 1 aromatic carbocycles. The second kappa shape index (κ2) is 5.31. The molecule has 6 nitrogen and oxygen atoms in total. The van der Waals surface area contributed by atoms with E-state index in [2.05, 4.69) is 0 Å². The summed E-state index contributed by atoms with van der Waals surface area (Å²) in [4.78, 5) is 22.1. The van der Waals surface area contributed by atoms with Gasteiger partial charge < -0.3 is 5.11 Å². The van der Waals surface area contributed by atoms with Gasteiger partial charge in [-0.3, -0.25) is 14.9 Å². The van der Waals surface area contributed by atoms with Gasteiger partial charge in [-0.15, -0.1) is 0 Å². The van der Waals surface area contributed by atoms with Crippen molar-refractivity contribution in [1.82, 2.24) is 0 Å². The molecule has 0 atom stereocenters. The third-order valence-electron chi connectivity index (χ3n) is 2.95. The summed E-state index contributed by atoms with van der Waals surface area (Å²) in [6.07, 6.45) is 1.33. The molecule has 0 saturated heterocycles. The van der Waals surface area contributed by atoms with E-state index in [0.717, 1.165) is 6.07 Å². The molecule has 1 saturated carbocycles. The fourth-order valence-corrected chi connectivity index (χ4v) is 1.93. The number of rotatable bonds is 4. The van der Waals surface area contributed by atoms with Crippen LogP contribution in [0.1, 0.15) is 18.4 Å². The van der Waals surface area contributed by atoms with Crippen molar-refractivity contribution in [2.24, 2.45) is 5.92 Å². The number of hydrogen-bond acceptors (Lipinski definition) is 5. The molecule has 1 aromatic rings. The first-order valence-electron chi connectivity index (χ1n) is 5.77. The zero-order valence-corrected chi connectivity index (χ0v) is 10.9.